The van der Waals surface area contributed by atoms with Gasteiger partial charge < -0.3 is 5.73 Å². The van der Waals surface area contributed by atoms with Crippen molar-refractivity contribution in [1.29, 1.82) is 0 Å². The van der Waals surface area contributed by atoms with Gasteiger partial charge in [-0.3, -0.25) is 4.68 Å². The summed E-state index contributed by atoms with van der Waals surface area (Å²) in [5, 5.41) is 5.22. The molecule has 1 aromatic carbocycles. The van der Waals surface area contributed by atoms with Gasteiger partial charge in [0.1, 0.15) is 0 Å². The van der Waals surface area contributed by atoms with E-state index in [1.807, 2.05) is 17.8 Å². The molecular formula is C14H19N3. The lowest BCUT2D eigenvalue weighted by Gasteiger charge is -2.10. The molecule has 0 saturated carbocycles. The molecule has 1 heterocycles. The SMILES string of the molecule is Cn1nc(N)c2ccc(/C=C/C(C)(C)C)cc21. The molecule has 0 spiro atoms. The third kappa shape index (κ3) is 2.49. The van der Waals surface area contributed by atoms with Crippen LogP contribution in [0.25, 0.3) is 17.0 Å². The Labute approximate surface area is 102 Å². The van der Waals surface area contributed by atoms with Crippen LogP contribution in [-0.4, -0.2) is 9.78 Å². The Morgan fingerprint density at radius 1 is 1.29 bits per heavy atom. The number of nitrogen functional groups attached to an aromatic ring is 1. The van der Waals surface area contributed by atoms with Gasteiger partial charge in [0.2, 0.25) is 0 Å². The number of aryl methyl sites for hydroxylation is 1. The van der Waals surface area contributed by atoms with E-state index in [2.05, 4.69) is 50.2 Å². The van der Waals surface area contributed by atoms with Crippen LogP contribution in [-0.2, 0) is 7.05 Å². The molecule has 0 saturated heterocycles. The van der Waals surface area contributed by atoms with Crippen LogP contribution in [0.1, 0.15) is 26.3 Å². The first-order chi connectivity index (χ1) is 7.87. The molecule has 0 fully saturated rings. The number of hydrogen-bond donors (Lipinski definition) is 1. The van der Waals surface area contributed by atoms with Crippen molar-refractivity contribution in [3.63, 3.8) is 0 Å². The van der Waals surface area contributed by atoms with Crippen molar-refractivity contribution < 1.29 is 0 Å². The monoisotopic (exact) mass is 229 g/mol. The molecule has 0 aliphatic heterocycles. The van der Waals surface area contributed by atoms with Crippen LogP contribution in [0.2, 0.25) is 0 Å². The fourth-order valence-electron chi connectivity index (χ4n) is 1.75. The Balaban J connectivity index is 2.45. The third-order valence-electron chi connectivity index (χ3n) is 2.68. The van der Waals surface area contributed by atoms with E-state index >= 15 is 0 Å². The molecule has 0 amide bonds. The Hall–Kier alpha value is -1.77. The molecule has 0 aliphatic carbocycles. The molecule has 0 atom stereocenters. The number of nitrogens with zero attached hydrogens (tertiary/aromatic N) is 2. The summed E-state index contributed by atoms with van der Waals surface area (Å²) in [5.74, 6) is 0.592. The second-order valence-corrected chi connectivity index (χ2v) is 5.48. The Morgan fingerprint density at radius 2 is 2.00 bits per heavy atom. The van der Waals surface area contributed by atoms with E-state index in [0.29, 0.717) is 5.82 Å². The number of benzene rings is 1. The van der Waals surface area contributed by atoms with E-state index in [4.69, 9.17) is 5.73 Å². The molecule has 90 valence electrons. The zero-order chi connectivity index (χ0) is 12.6. The number of nitrogens with two attached hydrogens (primary N) is 1. The molecule has 2 N–H and O–H groups in total. The average Bonchev–Trinajstić information content (AvgIpc) is 2.51. The van der Waals surface area contributed by atoms with Crippen LogP contribution in [0.3, 0.4) is 0 Å². The number of hydrogen-bond acceptors (Lipinski definition) is 2. The standard InChI is InChI=1S/C14H19N3/c1-14(2,3)8-7-10-5-6-11-12(9-10)17(4)16-13(11)15/h5-9H,1-4H3,(H2,15,16)/b8-7+. The van der Waals surface area contributed by atoms with Crippen molar-refractivity contribution in [3.8, 4) is 0 Å². The van der Waals surface area contributed by atoms with Gasteiger partial charge >= 0.3 is 0 Å². The maximum atomic E-state index is 5.82. The fraction of sp³-hybridized carbons (Fsp3) is 0.357. The highest BCUT2D eigenvalue weighted by molar-refractivity contribution is 5.90. The van der Waals surface area contributed by atoms with Gasteiger partial charge in [0.25, 0.3) is 0 Å². The van der Waals surface area contributed by atoms with E-state index < -0.39 is 0 Å². The lowest BCUT2D eigenvalue weighted by atomic mass is 9.95. The van der Waals surface area contributed by atoms with Crippen molar-refractivity contribution >= 4 is 22.8 Å². The van der Waals surface area contributed by atoms with Crippen LogP contribution >= 0.6 is 0 Å². The van der Waals surface area contributed by atoms with E-state index in [1.54, 1.807) is 0 Å². The largest absolute Gasteiger partial charge is 0.382 e. The molecule has 3 nitrogen and oxygen atoms in total. The van der Waals surface area contributed by atoms with Crippen molar-refractivity contribution in [2.45, 2.75) is 20.8 Å². The first-order valence-electron chi connectivity index (χ1n) is 5.78. The summed E-state index contributed by atoms with van der Waals surface area (Å²) in [6, 6.07) is 6.21. The predicted molar refractivity (Wildman–Crippen MR) is 73.6 cm³/mol. The Bertz CT molecular complexity index is 571. The lowest BCUT2D eigenvalue weighted by molar-refractivity contribution is 0.547. The Kier molecular flexibility index (Phi) is 2.69. The van der Waals surface area contributed by atoms with Crippen LogP contribution < -0.4 is 5.73 Å². The van der Waals surface area contributed by atoms with Crippen molar-refractivity contribution in [2.24, 2.45) is 12.5 Å². The fourth-order valence-corrected chi connectivity index (χ4v) is 1.75. The Morgan fingerprint density at radius 3 is 2.65 bits per heavy atom. The molecule has 17 heavy (non-hydrogen) atoms. The smallest absolute Gasteiger partial charge is 0.153 e. The maximum absolute atomic E-state index is 5.82. The topological polar surface area (TPSA) is 43.8 Å². The van der Waals surface area contributed by atoms with Gasteiger partial charge in [0.05, 0.1) is 5.52 Å². The molecular weight excluding hydrogens is 210 g/mol. The van der Waals surface area contributed by atoms with E-state index in [9.17, 15) is 0 Å². The third-order valence-corrected chi connectivity index (χ3v) is 2.68. The second kappa shape index (κ2) is 3.91. The summed E-state index contributed by atoms with van der Waals surface area (Å²) >= 11 is 0. The van der Waals surface area contributed by atoms with Crippen molar-refractivity contribution in [2.75, 3.05) is 5.73 Å². The highest BCUT2D eigenvalue weighted by Gasteiger charge is 2.06. The first kappa shape index (κ1) is 11.7. The second-order valence-electron chi connectivity index (χ2n) is 5.48. The minimum absolute atomic E-state index is 0.195. The van der Waals surface area contributed by atoms with Crippen LogP contribution in [0, 0.1) is 5.41 Å². The number of allylic oxidation sites excluding steroid dienone is 1. The van der Waals surface area contributed by atoms with Crippen molar-refractivity contribution in [3.05, 3.63) is 29.8 Å². The van der Waals surface area contributed by atoms with Gasteiger partial charge in [-0.1, -0.05) is 39.0 Å². The van der Waals surface area contributed by atoms with Crippen molar-refractivity contribution in [1.82, 2.24) is 9.78 Å². The molecule has 0 aliphatic rings. The summed E-state index contributed by atoms with van der Waals surface area (Å²) in [7, 11) is 1.91. The molecule has 0 radical (unpaired) electrons. The van der Waals surface area contributed by atoms with Crippen LogP contribution in [0.4, 0.5) is 5.82 Å². The summed E-state index contributed by atoms with van der Waals surface area (Å²) in [5.41, 5.74) is 8.26. The number of rotatable bonds is 1. The predicted octanol–water partition coefficient (Wildman–Crippen LogP) is 3.21. The van der Waals surface area contributed by atoms with E-state index in [0.717, 1.165) is 10.9 Å². The first-order valence-corrected chi connectivity index (χ1v) is 5.78. The minimum Gasteiger partial charge on any atom is -0.382 e. The number of fused-ring (bicyclic) bond motifs is 1. The molecule has 2 aromatic rings. The van der Waals surface area contributed by atoms with Gasteiger partial charge in [-0.25, -0.2) is 0 Å². The minimum atomic E-state index is 0.195. The average molecular weight is 229 g/mol. The highest BCUT2D eigenvalue weighted by atomic mass is 15.3. The molecule has 3 heteroatoms. The molecule has 0 bridgehead atoms. The maximum Gasteiger partial charge on any atom is 0.153 e. The van der Waals surface area contributed by atoms with E-state index in [-0.39, 0.29) is 5.41 Å². The summed E-state index contributed by atoms with van der Waals surface area (Å²) in [4.78, 5) is 0. The molecule has 1 aromatic heterocycles. The quantitative estimate of drug-likeness (QED) is 0.816. The number of anilines is 1. The summed E-state index contributed by atoms with van der Waals surface area (Å²) in [6.45, 7) is 6.55. The zero-order valence-corrected chi connectivity index (χ0v) is 10.9. The van der Waals surface area contributed by atoms with E-state index in [1.165, 1.54) is 5.56 Å². The molecule has 0 unspecified atom stereocenters. The zero-order valence-electron chi connectivity index (χ0n) is 10.9. The van der Waals surface area contributed by atoms with Gasteiger partial charge in [0.15, 0.2) is 5.82 Å². The normalized spacial score (nSPS) is 12.7. The number of aromatic nitrogens is 2. The summed E-state index contributed by atoms with van der Waals surface area (Å²) < 4.78 is 1.82. The van der Waals surface area contributed by atoms with Gasteiger partial charge in [-0.15, -0.1) is 0 Å². The highest BCUT2D eigenvalue weighted by Crippen LogP contribution is 2.23. The van der Waals surface area contributed by atoms with Gasteiger partial charge in [-0.2, -0.15) is 5.10 Å². The lowest BCUT2D eigenvalue weighted by Crippen LogP contribution is -1.98. The van der Waals surface area contributed by atoms with Gasteiger partial charge in [0, 0.05) is 12.4 Å². The summed E-state index contributed by atoms with van der Waals surface area (Å²) in [6.07, 6.45) is 4.34. The van der Waals surface area contributed by atoms with Crippen LogP contribution in [0.15, 0.2) is 24.3 Å². The van der Waals surface area contributed by atoms with Gasteiger partial charge in [-0.05, 0) is 23.1 Å². The van der Waals surface area contributed by atoms with Crippen LogP contribution in [0.5, 0.6) is 0 Å². The molecule has 2 rings (SSSR count).